The van der Waals surface area contributed by atoms with Crippen molar-refractivity contribution in [3.8, 4) is 11.6 Å². The number of methoxy groups -OCH3 is 1. The molecule has 0 amide bonds. The Morgan fingerprint density at radius 2 is 2.22 bits per heavy atom. The van der Waals surface area contributed by atoms with E-state index in [0.29, 0.717) is 11.6 Å². The number of anilines is 1. The van der Waals surface area contributed by atoms with E-state index in [1.54, 1.807) is 30.4 Å². The summed E-state index contributed by atoms with van der Waals surface area (Å²) in [6, 6.07) is 0. The first-order chi connectivity index (χ1) is 8.81. The van der Waals surface area contributed by atoms with Gasteiger partial charge in [0.25, 0.3) is 0 Å². The lowest BCUT2D eigenvalue weighted by molar-refractivity contribution is 0.414. The van der Waals surface area contributed by atoms with Crippen molar-refractivity contribution in [3.05, 3.63) is 31.0 Å². The third-order valence-electron chi connectivity index (χ3n) is 2.62. The predicted molar refractivity (Wildman–Crippen MR) is 66.2 cm³/mol. The van der Waals surface area contributed by atoms with Crippen molar-refractivity contribution in [1.82, 2.24) is 24.1 Å². The van der Waals surface area contributed by atoms with Gasteiger partial charge in [-0.15, -0.1) is 0 Å². The third-order valence-corrected chi connectivity index (χ3v) is 2.62. The summed E-state index contributed by atoms with van der Waals surface area (Å²) in [7, 11) is 3.42. The lowest BCUT2D eigenvalue weighted by Crippen LogP contribution is -2.05. The predicted octanol–water partition coefficient (Wildman–Crippen LogP) is 0.965. The molecular weight excluding hydrogens is 232 g/mol. The molecule has 3 aromatic heterocycles. The fraction of sp³-hybridized carbons (Fsp3) is 0.182. The van der Waals surface area contributed by atoms with Crippen LogP contribution in [-0.2, 0) is 0 Å². The topological polar surface area (TPSA) is 69.3 Å². The van der Waals surface area contributed by atoms with Crippen molar-refractivity contribution in [3.63, 3.8) is 0 Å². The van der Waals surface area contributed by atoms with E-state index in [-0.39, 0.29) is 0 Å². The number of hydrogen-bond donors (Lipinski definition) is 1. The molecule has 0 aromatic carbocycles. The Morgan fingerprint density at radius 1 is 1.33 bits per heavy atom. The van der Waals surface area contributed by atoms with Crippen LogP contribution < -0.4 is 10.1 Å². The molecule has 0 aliphatic carbocycles. The van der Waals surface area contributed by atoms with Gasteiger partial charge in [0.1, 0.15) is 5.82 Å². The van der Waals surface area contributed by atoms with E-state index < -0.39 is 0 Å². The highest BCUT2D eigenvalue weighted by molar-refractivity contribution is 5.57. The summed E-state index contributed by atoms with van der Waals surface area (Å²) < 4.78 is 8.64. The Balaban J connectivity index is 2.22. The molecular formula is C11H12N6O. The van der Waals surface area contributed by atoms with Crippen LogP contribution in [0.15, 0.2) is 31.0 Å². The number of imidazole rings is 1. The minimum atomic E-state index is 0.648. The van der Waals surface area contributed by atoms with E-state index in [1.807, 2.05) is 23.8 Å². The van der Waals surface area contributed by atoms with Gasteiger partial charge < -0.3 is 14.5 Å². The molecule has 0 radical (unpaired) electrons. The highest BCUT2D eigenvalue weighted by Crippen LogP contribution is 2.17. The molecule has 3 rings (SSSR count). The van der Waals surface area contributed by atoms with Gasteiger partial charge in [-0.05, 0) is 0 Å². The molecule has 1 N–H and O–H groups in total. The molecule has 18 heavy (non-hydrogen) atoms. The van der Waals surface area contributed by atoms with E-state index in [9.17, 15) is 0 Å². The first-order valence-electron chi connectivity index (χ1n) is 5.42. The lowest BCUT2D eigenvalue weighted by Gasteiger charge is -2.06. The SMILES string of the molecule is CNc1cn2ccnc2c(-n2cc(OC)cn2)n1. The molecule has 3 aromatic rings. The Morgan fingerprint density at radius 3 is 2.94 bits per heavy atom. The van der Waals surface area contributed by atoms with Gasteiger partial charge in [0.05, 0.1) is 25.7 Å². The minimum absolute atomic E-state index is 0.648. The van der Waals surface area contributed by atoms with Gasteiger partial charge >= 0.3 is 0 Å². The summed E-state index contributed by atoms with van der Waals surface area (Å²) in [6.45, 7) is 0. The Labute approximate surface area is 103 Å². The summed E-state index contributed by atoms with van der Waals surface area (Å²) in [5, 5.41) is 7.22. The Kier molecular flexibility index (Phi) is 2.36. The number of nitrogens with one attached hydrogen (secondary N) is 1. The Bertz CT molecular complexity index is 686. The van der Waals surface area contributed by atoms with E-state index in [4.69, 9.17) is 4.74 Å². The van der Waals surface area contributed by atoms with Gasteiger partial charge in [0, 0.05) is 19.4 Å². The van der Waals surface area contributed by atoms with E-state index >= 15 is 0 Å². The van der Waals surface area contributed by atoms with Crippen LogP contribution in [-0.4, -0.2) is 38.3 Å². The van der Waals surface area contributed by atoms with Crippen LogP contribution >= 0.6 is 0 Å². The second kappa shape index (κ2) is 4.02. The summed E-state index contributed by atoms with van der Waals surface area (Å²) in [5.41, 5.74) is 0.736. The van der Waals surface area contributed by atoms with E-state index in [2.05, 4.69) is 20.4 Å². The van der Waals surface area contributed by atoms with Crippen molar-refractivity contribution in [2.75, 3.05) is 19.5 Å². The number of fused-ring (bicyclic) bond motifs is 1. The van der Waals surface area contributed by atoms with E-state index in [0.717, 1.165) is 11.5 Å². The van der Waals surface area contributed by atoms with Gasteiger partial charge in [-0.25, -0.2) is 14.6 Å². The molecule has 7 heteroatoms. The third kappa shape index (κ3) is 1.56. The van der Waals surface area contributed by atoms with Crippen LogP contribution in [0, 0.1) is 0 Å². The highest BCUT2D eigenvalue weighted by atomic mass is 16.5. The Hall–Kier alpha value is -2.57. The quantitative estimate of drug-likeness (QED) is 0.743. The van der Waals surface area contributed by atoms with Crippen molar-refractivity contribution >= 4 is 11.5 Å². The fourth-order valence-electron chi connectivity index (χ4n) is 1.72. The number of ether oxygens (including phenoxy) is 1. The molecule has 0 atom stereocenters. The first-order valence-corrected chi connectivity index (χ1v) is 5.42. The lowest BCUT2D eigenvalue weighted by atomic mass is 10.5. The summed E-state index contributed by atoms with van der Waals surface area (Å²) in [5.74, 6) is 2.07. The molecule has 0 aliphatic rings. The molecule has 0 fully saturated rings. The molecule has 0 bridgehead atoms. The molecule has 0 unspecified atom stereocenters. The minimum Gasteiger partial charge on any atom is -0.493 e. The molecule has 3 heterocycles. The maximum absolute atomic E-state index is 5.11. The molecule has 0 saturated carbocycles. The van der Waals surface area contributed by atoms with Crippen LogP contribution in [0.5, 0.6) is 5.75 Å². The standard InChI is InChI=1S/C11H12N6O/c1-12-9-7-16-4-3-13-10(16)11(15-9)17-6-8(18-2)5-14-17/h3-7,12H,1-2H3. The molecule has 92 valence electrons. The van der Waals surface area contributed by atoms with Gasteiger partial charge in [0.15, 0.2) is 17.2 Å². The number of rotatable bonds is 3. The molecule has 0 aliphatic heterocycles. The monoisotopic (exact) mass is 244 g/mol. The second-order valence-electron chi connectivity index (χ2n) is 3.68. The van der Waals surface area contributed by atoms with Gasteiger partial charge in [-0.3, -0.25) is 0 Å². The zero-order chi connectivity index (χ0) is 12.5. The van der Waals surface area contributed by atoms with Crippen LogP contribution in [0.3, 0.4) is 0 Å². The van der Waals surface area contributed by atoms with Gasteiger partial charge in [-0.1, -0.05) is 0 Å². The van der Waals surface area contributed by atoms with Crippen LogP contribution in [0.25, 0.3) is 11.5 Å². The molecule has 0 saturated heterocycles. The maximum Gasteiger partial charge on any atom is 0.199 e. The summed E-state index contributed by atoms with van der Waals surface area (Å²) in [4.78, 5) is 8.74. The summed E-state index contributed by atoms with van der Waals surface area (Å²) in [6.07, 6.45) is 8.85. The van der Waals surface area contributed by atoms with Crippen LogP contribution in [0.1, 0.15) is 0 Å². The summed E-state index contributed by atoms with van der Waals surface area (Å²) >= 11 is 0. The number of aromatic nitrogens is 5. The van der Waals surface area contributed by atoms with Crippen molar-refractivity contribution in [2.45, 2.75) is 0 Å². The average Bonchev–Trinajstić information content (AvgIpc) is 3.05. The zero-order valence-electron chi connectivity index (χ0n) is 10.0. The van der Waals surface area contributed by atoms with E-state index in [1.165, 1.54) is 0 Å². The first kappa shape index (κ1) is 10.6. The largest absolute Gasteiger partial charge is 0.493 e. The highest BCUT2D eigenvalue weighted by Gasteiger charge is 2.10. The van der Waals surface area contributed by atoms with Crippen molar-refractivity contribution in [1.29, 1.82) is 0 Å². The molecule has 0 spiro atoms. The van der Waals surface area contributed by atoms with Gasteiger partial charge in [0.2, 0.25) is 0 Å². The van der Waals surface area contributed by atoms with Gasteiger partial charge in [-0.2, -0.15) is 5.10 Å². The van der Waals surface area contributed by atoms with Crippen LogP contribution in [0.2, 0.25) is 0 Å². The number of hydrogen-bond acceptors (Lipinski definition) is 5. The molecule has 7 nitrogen and oxygen atoms in total. The average molecular weight is 244 g/mol. The number of nitrogens with zero attached hydrogens (tertiary/aromatic N) is 5. The van der Waals surface area contributed by atoms with Crippen molar-refractivity contribution in [2.24, 2.45) is 0 Å². The normalized spacial score (nSPS) is 10.8. The second-order valence-corrected chi connectivity index (χ2v) is 3.68. The van der Waals surface area contributed by atoms with Crippen molar-refractivity contribution < 1.29 is 4.74 Å². The maximum atomic E-state index is 5.11. The van der Waals surface area contributed by atoms with Crippen LogP contribution in [0.4, 0.5) is 5.82 Å². The zero-order valence-corrected chi connectivity index (χ0v) is 10.0. The smallest absolute Gasteiger partial charge is 0.199 e. The fourth-order valence-corrected chi connectivity index (χ4v) is 1.72.